The Labute approximate surface area is 310 Å². The molecule has 3 N–H and O–H groups in total. The summed E-state index contributed by atoms with van der Waals surface area (Å²) in [5, 5.41) is 3.84. The minimum atomic E-state index is -2.35. The van der Waals surface area contributed by atoms with Gasteiger partial charge in [0.05, 0.1) is 34.7 Å². The van der Waals surface area contributed by atoms with E-state index in [1.165, 1.54) is 12.1 Å². The number of nitrogens with zero attached hydrogens (tertiary/aromatic N) is 6. The number of carbonyl (C=O) groups excluding carboxylic acids is 2. The molecule has 6 heterocycles. The molecule has 5 aromatic rings. The molecule has 2 bridgehead atoms. The average molecular weight is 745 g/mol. The van der Waals surface area contributed by atoms with Gasteiger partial charge in [0.1, 0.15) is 22.1 Å². The number of aryl methyl sites for hydroxylation is 1. The van der Waals surface area contributed by atoms with Gasteiger partial charge in [0.15, 0.2) is 5.82 Å². The number of nitrogens with one attached hydrogen (secondary N) is 1. The highest BCUT2D eigenvalue weighted by Gasteiger charge is 2.42. The summed E-state index contributed by atoms with van der Waals surface area (Å²) < 4.78 is 42.4. The number of amides is 2. The number of benzene rings is 1. The Bertz CT molecular complexity index is 2220. The molecule has 0 unspecified atom stereocenters. The molecule has 1 aromatic carbocycles. The van der Waals surface area contributed by atoms with E-state index in [4.69, 9.17) is 32.0 Å². The van der Waals surface area contributed by atoms with E-state index in [9.17, 15) is 9.59 Å². The van der Waals surface area contributed by atoms with E-state index in [1.807, 2.05) is 22.8 Å². The Balaban J connectivity index is 1.17. The maximum atomic E-state index is 16.7. The van der Waals surface area contributed by atoms with E-state index in [-0.39, 0.29) is 46.9 Å². The van der Waals surface area contributed by atoms with Gasteiger partial charge in [-0.15, -0.1) is 0 Å². The highest BCUT2D eigenvalue weighted by atomic mass is 35.5. The number of alkyl halides is 1. The van der Waals surface area contributed by atoms with Gasteiger partial charge in [-0.25, -0.2) is 23.7 Å². The van der Waals surface area contributed by atoms with Crippen molar-refractivity contribution in [1.82, 2.24) is 34.3 Å². The zero-order valence-corrected chi connectivity index (χ0v) is 30.6. The van der Waals surface area contributed by atoms with Gasteiger partial charge in [-0.2, -0.15) is 0 Å². The molecular formula is C39H43ClF2N8O3. The minimum absolute atomic E-state index is 0.00823. The Morgan fingerprint density at radius 2 is 1.85 bits per heavy atom. The Morgan fingerprint density at radius 3 is 2.60 bits per heavy atom. The molecule has 11 nitrogen and oxygen atoms in total. The number of aromatic nitrogens is 5. The van der Waals surface area contributed by atoms with Gasteiger partial charge < -0.3 is 29.8 Å². The summed E-state index contributed by atoms with van der Waals surface area (Å²) in [4.78, 5) is 43.1. The van der Waals surface area contributed by atoms with Crippen LogP contribution in [0, 0.1) is 5.82 Å². The highest BCUT2D eigenvalue weighted by Crippen LogP contribution is 2.43. The lowest BCUT2D eigenvalue weighted by Gasteiger charge is -2.35. The van der Waals surface area contributed by atoms with Crippen molar-refractivity contribution in [2.75, 3.05) is 20.2 Å². The van der Waals surface area contributed by atoms with Crippen molar-refractivity contribution in [1.29, 1.82) is 0 Å². The number of halogens is 3. The van der Waals surface area contributed by atoms with Gasteiger partial charge in [-0.1, -0.05) is 30.5 Å². The third kappa shape index (κ3) is 6.57. The number of piperidine rings is 1. The first-order valence-corrected chi connectivity index (χ1v) is 18.9. The highest BCUT2D eigenvalue weighted by molar-refractivity contribution is 6.29. The van der Waals surface area contributed by atoms with Crippen molar-refractivity contribution in [3.63, 3.8) is 0 Å². The molecule has 1 saturated carbocycles. The lowest BCUT2D eigenvalue weighted by molar-refractivity contribution is -0.135. The Kier molecular flexibility index (Phi) is 9.44. The first-order chi connectivity index (χ1) is 25.5. The fourth-order valence-electron chi connectivity index (χ4n) is 7.95. The molecule has 0 spiro atoms. The summed E-state index contributed by atoms with van der Waals surface area (Å²) in [7, 11) is 1.62. The fourth-order valence-corrected chi connectivity index (χ4v) is 8.12. The number of methoxy groups -OCH3 is 1. The van der Waals surface area contributed by atoms with Crippen molar-refractivity contribution in [2.45, 2.75) is 94.7 Å². The normalized spacial score (nSPS) is 24.5. The first-order valence-electron chi connectivity index (χ1n) is 18.5. The maximum Gasteiger partial charge on any atom is 0.264 e. The number of hydrogen-bond donors (Lipinski definition) is 2. The summed E-state index contributed by atoms with van der Waals surface area (Å²) in [5.41, 5.74) is 7.00. The van der Waals surface area contributed by atoms with Crippen molar-refractivity contribution in [2.24, 2.45) is 5.73 Å². The van der Waals surface area contributed by atoms with Crippen LogP contribution in [-0.2, 0) is 21.7 Å². The van der Waals surface area contributed by atoms with Gasteiger partial charge >= 0.3 is 0 Å². The molecule has 1 saturated heterocycles. The molecule has 1 aliphatic carbocycles. The van der Waals surface area contributed by atoms with Crippen LogP contribution in [0.1, 0.15) is 92.1 Å². The van der Waals surface area contributed by atoms with Crippen LogP contribution in [-0.4, -0.2) is 73.1 Å². The molecule has 3 aliphatic rings. The van der Waals surface area contributed by atoms with Crippen molar-refractivity contribution >= 4 is 45.5 Å². The smallest absolute Gasteiger partial charge is 0.264 e. The lowest BCUT2D eigenvalue weighted by atomic mass is 9.92. The number of fused-ring (bicyclic) bond motifs is 2. The number of likely N-dealkylation sites (tertiary alicyclic amines) is 1. The second-order valence-corrected chi connectivity index (χ2v) is 15.1. The topological polar surface area (TPSA) is 133 Å². The van der Waals surface area contributed by atoms with Gasteiger partial charge in [0.25, 0.3) is 11.8 Å². The van der Waals surface area contributed by atoms with Crippen molar-refractivity contribution in [3.05, 3.63) is 76.5 Å². The largest absolute Gasteiger partial charge is 0.380 e. The zero-order valence-electron chi connectivity index (χ0n) is 29.8. The molecule has 4 aromatic heterocycles. The van der Waals surface area contributed by atoms with Crippen molar-refractivity contribution < 1.29 is 23.1 Å². The van der Waals surface area contributed by atoms with Gasteiger partial charge in [0.2, 0.25) is 5.67 Å². The average Bonchev–Trinajstić information content (AvgIpc) is 3.82. The third-order valence-corrected chi connectivity index (χ3v) is 11.2. The van der Waals surface area contributed by atoms with Crippen LogP contribution in [0.5, 0.6) is 0 Å². The number of carbonyl (C=O) groups is 2. The summed E-state index contributed by atoms with van der Waals surface area (Å²) >= 11 is 6.10. The molecule has 53 heavy (non-hydrogen) atoms. The van der Waals surface area contributed by atoms with Crippen molar-refractivity contribution in [3.8, 4) is 11.5 Å². The van der Waals surface area contributed by atoms with Crippen LogP contribution in [0.3, 0.4) is 0 Å². The molecule has 278 valence electrons. The van der Waals surface area contributed by atoms with Crippen LogP contribution in [0.15, 0.2) is 48.5 Å². The van der Waals surface area contributed by atoms with E-state index in [1.54, 1.807) is 37.1 Å². The van der Waals surface area contributed by atoms with Crippen LogP contribution in [0.25, 0.3) is 33.6 Å². The predicted octanol–water partition coefficient (Wildman–Crippen LogP) is 6.77. The van der Waals surface area contributed by atoms with E-state index in [0.29, 0.717) is 67.1 Å². The fraction of sp³-hybridized carbons (Fsp3) is 0.462. The second-order valence-electron chi connectivity index (χ2n) is 14.7. The molecule has 2 fully saturated rings. The first kappa shape index (κ1) is 35.6. The minimum Gasteiger partial charge on any atom is -0.380 e. The Morgan fingerprint density at radius 1 is 1.04 bits per heavy atom. The van der Waals surface area contributed by atoms with Gasteiger partial charge in [-0.05, 0) is 87.9 Å². The molecule has 14 heteroatoms. The molecular weight excluding hydrogens is 702 g/mol. The Hall–Kier alpha value is -4.46. The van der Waals surface area contributed by atoms with Crippen LogP contribution < -0.4 is 11.1 Å². The van der Waals surface area contributed by atoms with Crippen LogP contribution in [0.4, 0.5) is 8.78 Å². The van der Waals surface area contributed by atoms with E-state index < -0.39 is 23.4 Å². The number of ether oxygens (including phenoxy) is 1. The quantitative estimate of drug-likeness (QED) is 0.190. The van der Waals surface area contributed by atoms with Gasteiger partial charge in [-0.3, -0.25) is 9.59 Å². The van der Waals surface area contributed by atoms with Crippen LogP contribution >= 0.6 is 11.6 Å². The summed E-state index contributed by atoms with van der Waals surface area (Å²) in [5.74, 6) is -0.943. The molecule has 2 amide bonds. The number of imidazole rings is 1. The number of nitrogens with two attached hydrogens (primary N) is 1. The molecule has 0 radical (unpaired) electrons. The van der Waals surface area contributed by atoms with Gasteiger partial charge in [0, 0.05) is 49.8 Å². The monoisotopic (exact) mass is 744 g/mol. The standard InChI is InChI=1S/C39H43ClF2N8O3/c1-22-28-13-10-23-20-30(49(35(23)45-28)16-6-4-3-5-15-39(42,38(52)44-22)32-8-7-9-33(40)47-32)36-46-29-19-24(18-26(41)34(29)50(36)25-11-12-25)37(51)48-17-14-31(53-2)27(43)21-48/h7-10,13,18-20,22,25,27,31H,3-6,11-12,14-17,21,43H2,1-2H3,(H,44,52)/t22-,27+,31-,39+/m1/s1. The summed E-state index contributed by atoms with van der Waals surface area (Å²) in [6.45, 7) is 3.17. The second kappa shape index (κ2) is 14.1. The molecule has 2 aliphatic heterocycles. The summed E-state index contributed by atoms with van der Waals surface area (Å²) in [6, 6.07) is 12.6. The lowest BCUT2D eigenvalue weighted by Crippen LogP contribution is -2.53. The predicted molar refractivity (Wildman–Crippen MR) is 198 cm³/mol. The zero-order chi connectivity index (χ0) is 37.0. The third-order valence-electron chi connectivity index (χ3n) is 11.0. The van der Waals surface area contributed by atoms with E-state index in [0.717, 1.165) is 36.8 Å². The molecule has 4 atom stereocenters. The number of hydrogen-bond acceptors (Lipinski definition) is 7. The van der Waals surface area contributed by atoms with E-state index in [2.05, 4.69) is 14.9 Å². The number of rotatable bonds is 5. The maximum absolute atomic E-state index is 16.7. The molecule has 8 rings (SSSR count). The number of pyridine rings is 2. The van der Waals surface area contributed by atoms with Crippen LogP contribution in [0.2, 0.25) is 5.15 Å². The summed E-state index contributed by atoms with van der Waals surface area (Å²) in [6.07, 6.45) is 4.94. The SMILES string of the molecule is CO[C@@H]1CCN(C(=O)c2cc(F)c3c(c2)nc(-c2cc4ccc5nc4n2CCCCCC[C@](F)(c2cccc(Cl)n2)C(=O)N[C@@H]5C)n3C2CC2)C[C@@H]1N. The van der Waals surface area contributed by atoms with E-state index >= 15 is 8.78 Å².